The fourth-order valence-electron chi connectivity index (χ4n) is 4.30. The molecule has 4 rings (SSSR count). The second-order valence-electron chi connectivity index (χ2n) is 9.22. The first-order chi connectivity index (χ1) is 16.8. The second kappa shape index (κ2) is 10.2. The van der Waals surface area contributed by atoms with Gasteiger partial charge in [-0.1, -0.05) is 38.8 Å². The number of ether oxygens (including phenoxy) is 2. The lowest BCUT2D eigenvalue weighted by molar-refractivity contribution is 0.0940. The van der Waals surface area contributed by atoms with E-state index in [1.807, 2.05) is 37.3 Å². The van der Waals surface area contributed by atoms with Crippen molar-refractivity contribution in [2.75, 3.05) is 20.0 Å². The number of amides is 1. The molecule has 0 bridgehead atoms. The third kappa shape index (κ3) is 4.87. The lowest BCUT2D eigenvalue weighted by atomic mass is 10.0. The topological polar surface area (TPSA) is 104 Å². The van der Waals surface area contributed by atoms with Gasteiger partial charge in [-0.05, 0) is 43.5 Å². The van der Waals surface area contributed by atoms with Gasteiger partial charge in [-0.2, -0.15) is 0 Å². The molecule has 2 aromatic heterocycles. The number of nitrogens with one attached hydrogen (secondary N) is 1. The Morgan fingerprint density at radius 2 is 1.74 bits per heavy atom. The van der Waals surface area contributed by atoms with E-state index in [1.54, 1.807) is 30.9 Å². The number of anilines is 1. The molecule has 8 heteroatoms. The lowest BCUT2D eigenvalue weighted by Gasteiger charge is -2.15. The van der Waals surface area contributed by atoms with E-state index in [2.05, 4.69) is 19.2 Å². The molecule has 0 aliphatic carbocycles. The summed E-state index contributed by atoms with van der Waals surface area (Å²) in [6.07, 6.45) is 3.05. The fourth-order valence-corrected chi connectivity index (χ4v) is 4.30. The van der Waals surface area contributed by atoms with Gasteiger partial charge in [0.1, 0.15) is 28.4 Å². The summed E-state index contributed by atoms with van der Waals surface area (Å²) < 4.78 is 12.8. The monoisotopic (exact) mass is 475 g/mol. The first-order valence-corrected chi connectivity index (χ1v) is 11.9. The summed E-state index contributed by atoms with van der Waals surface area (Å²) in [4.78, 5) is 23.2. The Morgan fingerprint density at radius 3 is 2.40 bits per heavy atom. The molecule has 8 nitrogen and oxygen atoms in total. The Morgan fingerprint density at radius 1 is 1.03 bits per heavy atom. The van der Waals surface area contributed by atoms with Crippen LogP contribution in [0.4, 0.5) is 5.82 Å². The van der Waals surface area contributed by atoms with Crippen molar-refractivity contribution in [3.05, 3.63) is 48.0 Å². The van der Waals surface area contributed by atoms with E-state index < -0.39 is 0 Å². The number of nitrogens with zero attached hydrogens (tertiary/aromatic N) is 3. The number of rotatable bonds is 9. The van der Waals surface area contributed by atoms with Crippen LogP contribution in [0.3, 0.4) is 0 Å². The molecule has 3 N–H and O–H groups in total. The van der Waals surface area contributed by atoms with Crippen LogP contribution < -0.4 is 20.5 Å². The Hall–Kier alpha value is -3.81. The van der Waals surface area contributed by atoms with Gasteiger partial charge in [0.25, 0.3) is 5.91 Å². The van der Waals surface area contributed by atoms with Crippen molar-refractivity contribution in [1.29, 1.82) is 0 Å². The highest BCUT2D eigenvalue weighted by molar-refractivity contribution is 6.11. The Balaban J connectivity index is 1.87. The van der Waals surface area contributed by atoms with Crippen LogP contribution in [-0.2, 0) is 0 Å². The predicted octanol–water partition coefficient (Wildman–Crippen LogP) is 5.12. The van der Waals surface area contributed by atoms with E-state index in [0.29, 0.717) is 50.9 Å². The van der Waals surface area contributed by atoms with Crippen LogP contribution in [-0.4, -0.2) is 40.7 Å². The van der Waals surface area contributed by atoms with E-state index in [4.69, 9.17) is 25.2 Å². The molecule has 2 heterocycles. The zero-order chi connectivity index (χ0) is 25.1. The number of para-hydroxylation sites is 2. The molecule has 0 saturated heterocycles. The fraction of sp³-hybridized carbons (Fsp3) is 0.370. The second-order valence-corrected chi connectivity index (χ2v) is 9.22. The molecule has 4 aromatic rings. The Labute approximate surface area is 205 Å². The van der Waals surface area contributed by atoms with Gasteiger partial charge in [0, 0.05) is 12.1 Å². The number of nitrogen functional groups attached to an aromatic ring is 1. The highest BCUT2D eigenvalue weighted by atomic mass is 16.5. The van der Waals surface area contributed by atoms with Crippen molar-refractivity contribution in [1.82, 2.24) is 19.9 Å². The summed E-state index contributed by atoms with van der Waals surface area (Å²) in [5.41, 5.74) is 9.90. The number of hydrogen-bond donors (Lipinski definition) is 2. The third-order valence-electron chi connectivity index (χ3n) is 6.15. The Bertz CT molecular complexity index is 1360. The molecule has 1 amide bonds. The molecule has 0 unspecified atom stereocenters. The predicted molar refractivity (Wildman–Crippen MR) is 140 cm³/mol. The number of hydrogen-bond acceptors (Lipinski definition) is 6. The van der Waals surface area contributed by atoms with E-state index in [0.717, 1.165) is 19.3 Å². The van der Waals surface area contributed by atoms with Crippen LogP contribution >= 0.6 is 0 Å². The van der Waals surface area contributed by atoms with Crippen molar-refractivity contribution in [2.45, 2.75) is 46.1 Å². The smallest absolute Gasteiger partial charge is 0.257 e. The van der Waals surface area contributed by atoms with E-state index in [9.17, 15) is 4.79 Å². The van der Waals surface area contributed by atoms with Crippen molar-refractivity contribution in [2.24, 2.45) is 5.92 Å². The van der Waals surface area contributed by atoms with Crippen molar-refractivity contribution in [3.8, 4) is 17.2 Å². The molecule has 2 aromatic carbocycles. The molecule has 0 aliphatic rings. The van der Waals surface area contributed by atoms with Gasteiger partial charge in [-0.3, -0.25) is 9.36 Å². The summed E-state index contributed by atoms with van der Waals surface area (Å²) in [7, 11) is 3.18. The first kappa shape index (κ1) is 24.3. The quantitative estimate of drug-likeness (QED) is 0.348. The molecule has 184 valence electrons. The van der Waals surface area contributed by atoms with Crippen molar-refractivity contribution < 1.29 is 14.3 Å². The average Bonchev–Trinajstić information content (AvgIpc) is 3.12. The number of benzene rings is 2. The van der Waals surface area contributed by atoms with Gasteiger partial charge >= 0.3 is 0 Å². The number of nitrogens with two attached hydrogens (primary N) is 1. The maximum Gasteiger partial charge on any atom is 0.257 e. The summed E-state index contributed by atoms with van der Waals surface area (Å²) in [6, 6.07) is 13.0. The van der Waals surface area contributed by atoms with Crippen LogP contribution in [0.2, 0.25) is 0 Å². The van der Waals surface area contributed by atoms with Crippen LogP contribution in [0.1, 0.15) is 50.4 Å². The van der Waals surface area contributed by atoms with Gasteiger partial charge in [-0.15, -0.1) is 0 Å². The summed E-state index contributed by atoms with van der Waals surface area (Å²) in [5.74, 6) is 1.80. The molecule has 0 spiro atoms. The van der Waals surface area contributed by atoms with Crippen molar-refractivity contribution in [3.63, 3.8) is 0 Å². The highest BCUT2D eigenvalue weighted by Gasteiger charge is 2.27. The van der Waals surface area contributed by atoms with Gasteiger partial charge in [0.15, 0.2) is 5.65 Å². The van der Waals surface area contributed by atoms with E-state index in [1.165, 1.54) is 0 Å². The number of methoxy groups -OCH3 is 2. The lowest BCUT2D eigenvalue weighted by Crippen LogP contribution is -2.33. The minimum absolute atomic E-state index is 0.00109. The molecule has 0 saturated carbocycles. The molecule has 0 aliphatic heterocycles. The molecule has 0 radical (unpaired) electrons. The largest absolute Gasteiger partial charge is 0.497 e. The molecular weight excluding hydrogens is 442 g/mol. The molecule has 1 atom stereocenters. The average molecular weight is 476 g/mol. The van der Waals surface area contributed by atoms with Crippen molar-refractivity contribution >= 4 is 33.9 Å². The Kier molecular flexibility index (Phi) is 7.10. The minimum atomic E-state index is -0.269. The van der Waals surface area contributed by atoms with Crippen LogP contribution in [0.5, 0.6) is 11.5 Å². The van der Waals surface area contributed by atoms with Gasteiger partial charge in [-0.25, -0.2) is 9.97 Å². The zero-order valence-corrected chi connectivity index (χ0v) is 21.0. The van der Waals surface area contributed by atoms with Crippen LogP contribution in [0.15, 0.2) is 42.5 Å². The van der Waals surface area contributed by atoms with E-state index in [-0.39, 0.29) is 17.8 Å². The maximum absolute atomic E-state index is 13.5. The number of carbonyl (C=O) groups is 1. The molecule has 0 fully saturated rings. The first-order valence-electron chi connectivity index (χ1n) is 11.9. The molecule has 35 heavy (non-hydrogen) atoms. The van der Waals surface area contributed by atoms with Crippen LogP contribution in [0, 0.1) is 5.92 Å². The number of carbonyl (C=O) groups excluding carboxylic acids is 1. The summed E-state index contributed by atoms with van der Waals surface area (Å²) >= 11 is 0. The van der Waals surface area contributed by atoms with Gasteiger partial charge < -0.3 is 20.5 Å². The SMILES string of the molecule is COc1ccc(OC)c(-n2c(N)c(C(=O)N[C@@H](C)CCCC(C)C)c3nc4ccccc4nc32)c1. The van der Waals surface area contributed by atoms with Gasteiger partial charge in [0.05, 0.1) is 30.9 Å². The third-order valence-corrected chi connectivity index (χ3v) is 6.15. The summed E-state index contributed by atoms with van der Waals surface area (Å²) in [6.45, 7) is 6.42. The number of fused-ring (bicyclic) bond motifs is 2. The zero-order valence-electron chi connectivity index (χ0n) is 21.0. The normalized spacial score (nSPS) is 12.3. The standard InChI is InChI=1S/C27H33N5O3/c1-16(2)9-8-10-17(3)29-27(33)23-24-26(31-20-12-7-6-11-19(20)30-24)32(25(23)28)21-15-18(34-4)13-14-22(21)35-5/h6-7,11-17H,8-10,28H2,1-5H3,(H,29,33)/t17-/m0/s1. The minimum Gasteiger partial charge on any atom is -0.497 e. The van der Waals surface area contributed by atoms with E-state index >= 15 is 0 Å². The summed E-state index contributed by atoms with van der Waals surface area (Å²) in [5, 5.41) is 3.11. The maximum atomic E-state index is 13.5. The van der Waals surface area contributed by atoms with Crippen LogP contribution in [0.25, 0.3) is 27.9 Å². The van der Waals surface area contributed by atoms with Gasteiger partial charge in [0.2, 0.25) is 0 Å². The highest BCUT2D eigenvalue weighted by Crippen LogP contribution is 2.36. The molecular formula is C27H33N5O3. The number of aromatic nitrogens is 3.